The third-order valence-corrected chi connectivity index (χ3v) is 6.37. The summed E-state index contributed by atoms with van der Waals surface area (Å²) in [6.45, 7) is 1.04. The summed E-state index contributed by atoms with van der Waals surface area (Å²) in [5, 5.41) is 2.60. The Kier molecular flexibility index (Phi) is 6.83. The lowest BCUT2D eigenvalue weighted by Gasteiger charge is -2.34. The second-order valence-corrected chi connectivity index (χ2v) is 8.90. The fourth-order valence-electron chi connectivity index (χ4n) is 4.07. The molecule has 1 amide bonds. The molecule has 2 aliphatic rings. The molecule has 0 aromatic carbocycles. The van der Waals surface area contributed by atoms with E-state index in [2.05, 4.69) is 20.3 Å². The van der Waals surface area contributed by atoms with Gasteiger partial charge in [-0.3, -0.25) is 14.9 Å². The summed E-state index contributed by atoms with van der Waals surface area (Å²) in [6.07, 6.45) is 2.18. The van der Waals surface area contributed by atoms with Gasteiger partial charge in [0.05, 0.1) is 10.6 Å². The molecule has 11 heteroatoms. The van der Waals surface area contributed by atoms with Crippen molar-refractivity contribution in [2.45, 2.75) is 44.7 Å². The second kappa shape index (κ2) is 9.62. The molecule has 2 fully saturated rings. The maximum absolute atomic E-state index is 12.9. The molecule has 2 aromatic rings. The molecular formula is C22H23ClF3N5O2. The minimum Gasteiger partial charge on any atom is -0.355 e. The van der Waals surface area contributed by atoms with Gasteiger partial charge in [-0.1, -0.05) is 18.0 Å². The van der Waals surface area contributed by atoms with E-state index in [1.54, 1.807) is 0 Å². The number of ketones is 1. The van der Waals surface area contributed by atoms with Crippen molar-refractivity contribution in [1.29, 1.82) is 0 Å². The highest BCUT2D eigenvalue weighted by Gasteiger charge is 2.33. The Morgan fingerprint density at radius 1 is 1.18 bits per heavy atom. The van der Waals surface area contributed by atoms with E-state index in [-0.39, 0.29) is 52.4 Å². The molecule has 1 atom stereocenters. The molecule has 0 spiro atoms. The van der Waals surface area contributed by atoms with Gasteiger partial charge in [0, 0.05) is 37.8 Å². The van der Waals surface area contributed by atoms with Crippen LogP contribution in [0.4, 0.5) is 24.9 Å². The van der Waals surface area contributed by atoms with Gasteiger partial charge in [0.1, 0.15) is 11.5 Å². The molecule has 33 heavy (non-hydrogen) atoms. The summed E-state index contributed by atoms with van der Waals surface area (Å²) in [5.41, 5.74) is -0.680. The molecule has 3 heterocycles. The van der Waals surface area contributed by atoms with Crippen molar-refractivity contribution in [3.05, 3.63) is 40.8 Å². The fourth-order valence-corrected chi connectivity index (χ4v) is 4.35. The van der Waals surface area contributed by atoms with Crippen molar-refractivity contribution in [2.24, 2.45) is 11.8 Å². The number of rotatable bonds is 6. The maximum atomic E-state index is 12.9. The minimum atomic E-state index is -4.51. The molecule has 176 valence electrons. The van der Waals surface area contributed by atoms with Crippen molar-refractivity contribution in [3.63, 3.8) is 0 Å². The molecule has 1 saturated heterocycles. The van der Waals surface area contributed by atoms with Crippen LogP contribution in [0.5, 0.6) is 0 Å². The number of hydrogen-bond donors (Lipinski definition) is 1. The number of anilines is 2. The highest BCUT2D eigenvalue weighted by Crippen LogP contribution is 2.35. The highest BCUT2D eigenvalue weighted by molar-refractivity contribution is 6.33. The van der Waals surface area contributed by atoms with Crippen LogP contribution in [0.2, 0.25) is 5.02 Å². The Hall–Kier alpha value is -2.75. The van der Waals surface area contributed by atoms with Gasteiger partial charge in [0.15, 0.2) is 5.78 Å². The normalized spacial score (nSPS) is 19.2. The molecule has 4 rings (SSSR count). The molecule has 1 aliphatic heterocycles. The van der Waals surface area contributed by atoms with Crippen LogP contribution >= 0.6 is 11.6 Å². The number of piperidine rings is 1. The van der Waals surface area contributed by atoms with Gasteiger partial charge >= 0.3 is 6.18 Å². The van der Waals surface area contributed by atoms with Crippen LogP contribution in [0.25, 0.3) is 0 Å². The first-order valence-electron chi connectivity index (χ1n) is 10.9. The van der Waals surface area contributed by atoms with E-state index in [0.717, 1.165) is 44.4 Å². The standard InChI is InChI=1S/C22H23ClF3N5O2/c23-16-10-15(22(24,25)26)11-28-19(16)31-8-2-3-13(12-31)9-18(32)17-6-7-27-21(29-17)30-20(33)14-4-1-5-14/h6-7,10-11,13-14H,1-5,8-9,12H2,(H,27,29,30,33)/t13-/m0/s1. The smallest absolute Gasteiger partial charge is 0.355 e. The second-order valence-electron chi connectivity index (χ2n) is 8.49. The quantitative estimate of drug-likeness (QED) is 0.598. The van der Waals surface area contributed by atoms with Crippen LogP contribution < -0.4 is 10.2 Å². The van der Waals surface area contributed by atoms with Gasteiger partial charge in [-0.15, -0.1) is 0 Å². The lowest BCUT2D eigenvalue weighted by Crippen LogP contribution is -2.37. The maximum Gasteiger partial charge on any atom is 0.417 e. The topological polar surface area (TPSA) is 88.1 Å². The molecule has 1 saturated carbocycles. The fraction of sp³-hybridized carbons (Fsp3) is 0.500. The van der Waals surface area contributed by atoms with E-state index in [1.807, 2.05) is 4.90 Å². The van der Waals surface area contributed by atoms with Crippen molar-refractivity contribution >= 4 is 35.1 Å². The van der Waals surface area contributed by atoms with Gasteiger partial charge in [-0.25, -0.2) is 15.0 Å². The van der Waals surface area contributed by atoms with E-state index < -0.39 is 11.7 Å². The van der Waals surface area contributed by atoms with Crippen LogP contribution in [0.3, 0.4) is 0 Å². The number of nitrogens with one attached hydrogen (secondary N) is 1. The SMILES string of the molecule is O=C(C[C@@H]1CCCN(c2ncc(C(F)(F)F)cc2Cl)C1)c1ccnc(NC(=O)C2CCC2)n1. The third kappa shape index (κ3) is 5.61. The van der Waals surface area contributed by atoms with Crippen molar-refractivity contribution in [1.82, 2.24) is 15.0 Å². The van der Waals surface area contributed by atoms with Gasteiger partial charge in [-0.05, 0) is 43.7 Å². The Balaban J connectivity index is 1.39. The molecule has 7 nitrogen and oxygen atoms in total. The first-order valence-corrected chi connectivity index (χ1v) is 11.2. The summed E-state index contributed by atoms with van der Waals surface area (Å²) in [5.74, 6) is 0.0272. The van der Waals surface area contributed by atoms with Crippen molar-refractivity contribution in [3.8, 4) is 0 Å². The molecule has 0 radical (unpaired) electrons. The first-order chi connectivity index (χ1) is 15.7. The van der Waals surface area contributed by atoms with E-state index in [4.69, 9.17) is 11.6 Å². The lowest BCUT2D eigenvalue weighted by molar-refractivity contribution is -0.137. The number of pyridine rings is 1. The number of aromatic nitrogens is 3. The Morgan fingerprint density at radius 3 is 2.64 bits per heavy atom. The van der Waals surface area contributed by atoms with Gasteiger partial charge < -0.3 is 4.90 Å². The zero-order valence-electron chi connectivity index (χ0n) is 17.7. The number of Topliss-reactive ketones (excluding diaryl/α,β-unsaturated/α-hetero) is 1. The predicted molar refractivity (Wildman–Crippen MR) is 116 cm³/mol. The molecule has 1 N–H and O–H groups in total. The van der Waals surface area contributed by atoms with Crippen LogP contribution in [-0.4, -0.2) is 39.7 Å². The molecule has 1 aliphatic carbocycles. The Morgan fingerprint density at radius 2 is 1.97 bits per heavy atom. The van der Waals surface area contributed by atoms with E-state index in [1.165, 1.54) is 12.3 Å². The number of nitrogens with zero attached hydrogens (tertiary/aromatic N) is 4. The van der Waals surface area contributed by atoms with E-state index in [9.17, 15) is 22.8 Å². The average Bonchev–Trinajstić information content (AvgIpc) is 2.72. The number of alkyl halides is 3. The van der Waals surface area contributed by atoms with Crippen LogP contribution in [0.1, 0.15) is 54.6 Å². The van der Waals surface area contributed by atoms with E-state index >= 15 is 0 Å². The number of carbonyl (C=O) groups is 2. The number of amides is 1. The Labute approximate surface area is 193 Å². The van der Waals surface area contributed by atoms with Crippen molar-refractivity contribution < 1.29 is 22.8 Å². The summed E-state index contributed by atoms with van der Waals surface area (Å²) >= 11 is 6.09. The summed E-state index contributed by atoms with van der Waals surface area (Å²) in [4.78, 5) is 38.9. The zero-order chi connectivity index (χ0) is 23.6. The van der Waals surface area contributed by atoms with Crippen LogP contribution in [-0.2, 0) is 11.0 Å². The highest BCUT2D eigenvalue weighted by atomic mass is 35.5. The molecule has 0 bridgehead atoms. The van der Waals surface area contributed by atoms with Crippen LogP contribution in [0, 0.1) is 11.8 Å². The minimum absolute atomic E-state index is 0.0215. The van der Waals surface area contributed by atoms with Gasteiger partial charge in [0.2, 0.25) is 11.9 Å². The largest absolute Gasteiger partial charge is 0.417 e. The third-order valence-electron chi connectivity index (χ3n) is 6.09. The average molecular weight is 482 g/mol. The zero-order valence-corrected chi connectivity index (χ0v) is 18.5. The summed E-state index contributed by atoms with van der Waals surface area (Å²) in [6, 6.07) is 2.38. The predicted octanol–water partition coefficient (Wildman–Crippen LogP) is 4.77. The first kappa shape index (κ1) is 23.4. The number of halogens is 4. The van der Waals surface area contributed by atoms with Gasteiger partial charge in [0.25, 0.3) is 0 Å². The lowest BCUT2D eigenvalue weighted by atomic mass is 9.85. The number of hydrogen-bond acceptors (Lipinski definition) is 6. The monoisotopic (exact) mass is 481 g/mol. The van der Waals surface area contributed by atoms with Crippen molar-refractivity contribution in [2.75, 3.05) is 23.3 Å². The molecule has 0 unspecified atom stereocenters. The van der Waals surface area contributed by atoms with Crippen LogP contribution in [0.15, 0.2) is 24.5 Å². The summed E-state index contributed by atoms with van der Waals surface area (Å²) < 4.78 is 38.7. The van der Waals surface area contributed by atoms with E-state index in [0.29, 0.717) is 13.1 Å². The number of carbonyl (C=O) groups excluding carboxylic acids is 2. The molecular weight excluding hydrogens is 459 g/mol. The summed E-state index contributed by atoms with van der Waals surface area (Å²) in [7, 11) is 0. The Bertz CT molecular complexity index is 1040. The molecule has 2 aromatic heterocycles. The van der Waals surface area contributed by atoms with Gasteiger partial charge in [-0.2, -0.15) is 13.2 Å².